The number of nitrogens with zero attached hydrogens (tertiary/aromatic N) is 1. The van der Waals surface area contributed by atoms with Gasteiger partial charge in [0.2, 0.25) is 0 Å². The van der Waals surface area contributed by atoms with Gasteiger partial charge in [0.15, 0.2) is 0 Å². The molecule has 1 aliphatic rings. The first-order chi connectivity index (χ1) is 14.1. The summed E-state index contributed by atoms with van der Waals surface area (Å²) in [7, 11) is 0. The Kier molecular flexibility index (Phi) is 5.33. The lowest BCUT2D eigenvalue weighted by molar-refractivity contribution is 0.0989. The minimum Gasteiger partial charge on any atom is -0.467 e. The van der Waals surface area contributed by atoms with E-state index >= 15 is 0 Å². The van der Waals surface area contributed by atoms with Crippen LogP contribution < -0.4 is 15.5 Å². The van der Waals surface area contributed by atoms with Gasteiger partial charge in [0, 0.05) is 24.3 Å². The topological polar surface area (TPSA) is 74.6 Å². The molecule has 29 heavy (non-hydrogen) atoms. The van der Waals surface area contributed by atoms with Crippen molar-refractivity contribution < 1.29 is 14.0 Å². The summed E-state index contributed by atoms with van der Waals surface area (Å²) in [6.07, 6.45) is 2.41. The highest BCUT2D eigenvalue weighted by molar-refractivity contribution is 6.07. The lowest BCUT2D eigenvalue weighted by Gasteiger charge is -2.18. The van der Waals surface area contributed by atoms with Crippen molar-refractivity contribution in [1.29, 1.82) is 0 Å². The van der Waals surface area contributed by atoms with Crippen molar-refractivity contribution in [3.63, 3.8) is 0 Å². The number of urea groups is 1. The molecular weight excluding hydrogens is 366 g/mol. The largest absolute Gasteiger partial charge is 0.467 e. The van der Waals surface area contributed by atoms with E-state index < -0.39 is 0 Å². The summed E-state index contributed by atoms with van der Waals surface area (Å²) in [5, 5.41) is 5.59. The second-order valence-electron chi connectivity index (χ2n) is 7.15. The highest BCUT2D eigenvalue weighted by atomic mass is 16.3. The van der Waals surface area contributed by atoms with E-state index in [-0.39, 0.29) is 11.9 Å². The van der Waals surface area contributed by atoms with Gasteiger partial charge in [-0.15, -0.1) is 0 Å². The fraction of sp³-hybridized carbons (Fsp3) is 0.217. The van der Waals surface area contributed by atoms with Crippen molar-refractivity contribution in [2.45, 2.75) is 26.4 Å². The number of hydrogen-bond acceptors (Lipinski definition) is 3. The Hall–Kier alpha value is -3.54. The first-order valence-corrected chi connectivity index (χ1v) is 9.64. The zero-order chi connectivity index (χ0) is 20.2. The Morgan fingerprint density at radius 3 is 2.69 bits per heavy atom. The third-order valence-electron chi connectivity index (χ3n) is 5.01. The van der Waals surface area contributed by atoms with Crippen LogP contribution in [0, 0.1) is 6.92 Å². The molecule has 3 amide bonds. The summed E-state index contributed by atoms with van der Waals surface area (Å²) in [6.45, 7) is 3.36. The molecule has 1 aliphatic heterocycles. The van der Waals surface area contributed by atoms with Crippen molar-refractivity contribution in [3.8, 4) is 0 Å². The van der Waals surface area contributed by atoms with E-state index in [0.717, 1.165) is 28.8 Å². The van der Waals surface area contributed by atoms with E-state index in [1.807, 2.05) is 54.3 Å². The first kappa shape index (κ1) is 18.8. The molecule has 2 heterocycles. The van der Waals surface area contributed by atoms with Gasteiger partial charge >= 0.3 is 6.03 Å². The van der Waals surface area contributed by atoms with E-state index in [1.54, 1.807) is 18.4 Å². The number of anilines is 1. The zero-order valence-corrected chi connectivity index (χ0v) is 16.3. The van der Waals surface area contributed by atoms with Crippen LogP contribution in [0.3, 0.4) is 0 Å². The van der Waals surface area contributed by atoms with Crippen LogP contribution in [-0.2, 0) is 19.5 Å². The zero-order valence-electron chi connectivity index (χ0n) is 16.3. The number of furan rings is 1. The summed E-state index contributed by atoms with van der Waals surface area (Å²) >= 11 is 0. The predicted molar refractivity (Wildman–Crippen MR) is 111 cm³/mol. The van der Waals surface area contributed by atoms with Gasteiger partial charge in [0.05, 0.1) is 12.8 Å². The molecule has 1 aromatic heterocycles. The van der Waals surface area contributed by atoms with Crippen molar-refractivity contribution in [1.82, 2.24) is 10.6 Å². The van der Waals surface area contributed by atoms with Gasteiger partial charge in [0.1, 0.15) is 5.76 Å². The summed E-state index contributed by atoms with van der Waals surface area (Å²) in [5.41, 5.74) is 4.78. The van der Waals surface area contributed by atoms with Gasteiger partial charge in [-0.25, -0.2) is 4.79 Å². The van der Waals surface area contributed by atoms with Crippen LogP contribution in [0.1, 0.15) is 32.8 Å². The van der Waals surface area contributed by atoms with Crippen LogP contribution in [0.5, 0.6) is 0 Å². The van der Waals surface area contributed by atoms with Crippen molar-refractivity contribution in [2.75, 3.05) is 11.4 Å². The number of rotatable bonds is 5. The maximum Gasteiger partial charge on any atom is 0.315 e. The number of aryl methyl sites for hydroxylation is 1. The average Bonchev–Trinajstić information content (AvgIpc) is 3.39. The molecule has 2 N–H and O–H groups in total. The number of fused-ring (bicyclic) bond motifs is 1. The van der Waals surface area contributed by atoms with Crippen LogP contribution in [0.2, 0.25) is 0 Å². The monoisotopic (exact) mass is 389 g/mol. The molecule has 0 aliphatic carbocycles. The van der Waals surface area contributed by atoms with E-state index in [1.165, 1.54) is 0 Å². The predicted octanol–water partition coefficient (Wildman–Crippen LogP) is 3.79. The number of hydrogen-bond donors (Lipinski definition) is 2. The molecular formula is C23H23N3O3. The highest BCUT2D eigenvalue weighted by Crippen LogP contribution is 2.30. The fourth-order valence-corrected chi connectivity index (χ4v) is 3.51. The quantitative estimate of drug-likeness (QED) is 0.697. The molecule has 0 fully saturated rings. The third kappa shape index (κ3) is 4.32. The summed E-state index contributed by atoms with van der Waals surface area (Å²) < 4.78 is 5.20. The van der Waals surface area contributed by atoms with Gasteiger partial charge in [-0.2, -0.15) is 0 Å². The van der Waals surface area contributed by atoms with Crippen molar-refractivity contribution >= 4 is 17.6 Å². The highest BCUT2D eigenvalue weighted by Gasteiger charge is 2.25. The van der Waals surface area contributed by atoms with Gasteiger partial charge in [-0.1, -0.05) is 29.8 Å². The third-order valence-corrected chi connectivity index (χ3v) is 5.01. The summed E-state index contributed by atoms with van der Waals surface area (Å²) in [6, 6.07) is 17.0. The number of carbonyl (C=O) groups is 2. The molecule has 6 heteroatoms. The molecule has 2 aromatic carbocycles. The second-order valence-corrected chi connectivity index (χ2v) is 7.15. The van der Waals surface area contributed by atoms with Crippen LogP contribution in [0.25, 0.3) is 0 Å². The molecule has 6 nitrogen and oxygen atoms in total. The minimum absolute atomic E-state index is 0.00810. The Balaban J connectivity index is 1.40. The smallest absolute Gasteiger partial charge is 0.315 e. The molecule has 148 valence electrons. The number of nitrogens with one attached hydrogen (secondary N) is 2. The standard InChI is InChI=1S/C23H23N3O3/c1-16-4-2-5-19(12-16)22(27)26-10-9-18-8-7-17(13-21(18)26)14-24-23(28)25-15-20-6-3-11-29-20/h2-8,11-13H,9-10,14-15H2,1H3,(H2,24,25,28). The lowest BCUT2D eigenvalue weighted by Crippen LogP contribution is -2.34. The van der Waals surface area contributed by atoms with E-state index in [4.69, 9.17) is 4.42 Å². The van der Waals surface area contributed by atoms with E-state index in [0.29, 0.717) is 31.0 Å². The van der Waals surface area contributed by atoms with E-state index in [2.05, 4.69) is 10.6 Å². The molecule has 0 atom stereocenters. The molecule has 0 spiro atoms. The van der Waals surface area contributed by atoms with Crippen molar-refractivity contribution in [3.05, 3.63) is 88.9 Å². The van der Waals surface area contributed by atoms with Crippen LogP contribution >= 0.6 is 0 Å². The fourth-order valence-electron chi connectivity index (χ4n) is 3.51. The molecule has 0 unspecified atom stereocenters. The summed E-state index contributed by atoms with van der Waals surface area (Å²) in [5.74, 6) is 0.705. The maximum absolute atomic E-state index is 13.0. The SMILES string of the molecule is Cc1cccc(C(=O)N2CCc3ccc(CNC(=O)NCc4ccco4)cc32)c1. The Morgan fingerprint density at radius 2 is 1.90 bits per heavy atom. The van der Waals surface area contributed by atoms with Gasteiger partial charge in [-0.3, -0.25) is 4.79 Å². The molecule has 0 radical (unpaired) electrons. The second kappa shape index (κ2) is 8.22. The molecule has 0 bridgehead atoms. The average molecular weight is 389 g/mol. The molecule has 0 saturated carbocycles. The summed E-state index contributed by atoms with van der Waals surface area (Å²) in [4.78, 5) is 26.8. The van der Waals surface area contributed by atoms with Gasteiger partial charge in [-0.05, 0) is 54.8 Å². The lowest BCUT2D eigenvalue weighted by atomic mass is 10.1. The van der Waals surface area contributed by atoms with Crippen molar-refractivity contribution in [2.24, 2.45) is 0 Å². The normalized spacial score (nSPS) is 12.5. The van der Waals surface area contributed by atoms with Crippen LogP contribution in [0.4, 0.5) is 10.5 Å². The van der Waals surface area contributed by atoms with Gasteiger partial charge < -0.3 is 20.0 Å². The van der Waals surface area contributed by atoms with E-state index in [9.17, 15) is 9.59 Å². The molecule has 4 rings (SSSR count). The Labute approximate surface area is 169 Å². The number of benzene rings is 2. The van der Waals surface area contributed by atoms with Crippen LogP contribution in [0.15, 0.2) is 65.3 Å². The molecule has 0 saturated heterocycles. The first-order valence-electron chi connectivity index (χ1n) is 9.64. The minimum atomic E-state index is -0.269. The Morgan fingerprint density at radius 1 is 1.03 bits per heavy atom. The maximum atomic E-state index is 13.0. The number of carbonyl (C=O) groups excluding carboxylic acids is 2. The van der Waals surface area contributed by atoms with Crippen LogP contribution in [-0.4, -0.2) is 18.5 Å². The molecule has 3 aromatic rings. The number of amides is 3. The van der Waals surface area contributed by atoms with Gasteiger partial charge in [0.25, 0.3) is 5.91 Å². The Bertz CT molecular complexity index is 1030.